The Morgan fingerprint density at radius 1 is 0.927 bits per heavy atom. The van der Waals surface area contributed by atoms with Gasteiger partial charge in [0, 0.05) is 30.1 Å². The van der Waals surface area contributed by atoms with E-state index in [9.17, 15) is 9.59 Å². The Bertz CT molecular complexity index is 1250. The maximum atomic E-state index is 13.3. The van der Waals surface area contributed by atoms with E-state index in [1.54, 1.807) is 0 Å². The van der Waals surface area contributed by atoms with Crippen LogP contribution in [0.15, 0.2) is 78.9 Å². The van der Waals surface area contributed by atoms with Crippen LogP contribution >= 0.6 is 0 Å². The van der Waals surface area contributed by atoms with Gasteiger partial charge in [-0.25, -0.2) is 0 Å². The Hall–Kier alpha value is -3.44. The molecule has 5 heteroatoms. The zero-order valence-electron chi connectivity index (χ0n) is 25.0. The Morgan fingerprint density at radius 3 is 2.29 bits per heavy atom. The second kappa shape index (κ2) is 15.0. The van der Waals surface area contributed by atoms with Gasteiger partial charge in [0.05, 0.1) is 13.0 Å². The van der Waals surface area contributed by atoms with Gasteiger partial charge in [-0.05, 0) is 74.8 Å². The van der Waals surface area contributed by atoms with Gasteiger partial charge in [0.2, 0.25) is 0 Å². The van der Waals surface area contributed by atoms with Crippen LogP contribution in [0, 0.1) is 6.92 Å². The SMILES string of the molecule is CCCOC(=O)CC(CC)(CCCN1CCC(NC(=O)c2ccccc2-c2ccc(C)cc2)CC1)c1ccccc1. The summed E-state index contributed by atoms with van der Waals surface area (Å²) in [5.41, 5.74) is 4.99. The fourth-order valence-electron chi connectivity index (χ4n) is 6.05. The third-order valence-corrected chi connectivity index (χ3v) is 8.60. The van der Waals surface area contributed by atoms with E-state index in [0.717, 1.165) is 74.8 Å². The molecule has 0 radical (unpaired) electrons. The molecule has 1 aliphatic rings. The molecule has 0 spiro atoms. The average Bonchev–Trinajstić information content (AvgIpc) is 3.01. The number of esters is 1. The summed E-state index contributed by atoms with van der Waals surface area (Å²) in [6, 6.07) is 26.9. The van der Waals surface area contributed by atoms with Crippen molar-refractivity contribution in [1.82, 2.24) is 10.2 Å². The van der Waals surface area contributed by atoms with Crippen molar-refractivity contribution in [3.05, 3.63) is 95.6 Å². The first-order valence-electron chi connectivity index (χ1n) is 15.3. The predicted molar refractivity (Wildman–Crippen MR) is 167 cm³/mol. The maximum Gasteiger partial charge on any atom is 0.306 e. The molecule has 1 N–H and O–H groups in total. The number of aryl methyl sites for hydroxylation is 1. The summed E-state index contributed by atoms with van der Waals surface area (Å²) in [7, 11) is 0. The number of carbonyl (C=O) groups excluding carboxylic acids is 2. The lowest BCUT2D eigenvalue weighted by molar-refractivity contribution is -0.145. The highest BCUT2D eigenvalue weighted by Crippen LogP contribution is 2.37. The Kier molecular flexibility index (Phi) is 11.1. The van der Waals surface area contributed by atoms with Gasteiger partial charge >= 0.3 is 5.97 Å². The molecule has 41 heavy (non-hydrogen) atoms. The highest BCUT2D eigenvalue weighted by Gasteiger charge is 2.33. The zero-order valence-corrected chi connectivity index (χ0v) is 25.0. The van der Waals surface area contributed by atoms with Crippen LogP contribution in [0.4, 0.5) is 0 Å². The fourth-order valence-corrected chi connectivity index (χ4v) is 6.05. The van der Waals surface area contributed by atoms with Gasteiger partial charge in [0.15, 0.2) is 0 Å². The number of piperidine rings is 1. The van der Waals surface area contributed by atoms with Crippen molar-refractivity contribution in [2.45, 2.75) is 77.2 Å². The summed E-state index contributed by atoms with van der Waals surface area (Å²) < 4.78 is 5.50. The Balaban J connectivity index is 1.30. The van der Waals surface area contributed by atoms with E-state index in [2.05, 4.69) is 72.6 Å². The minimum Gasteiger partial charge on any atom is -0.466 e. The molecule has 0 bridgehead atoms. The molecule has 1 saturated heterocycles. The Labute approximate surface area is 246 Å². The minimum atomic E-state index is -0.205. The van der Waals surface area contributed by atoms with Crippen molar-refractivity contribution in [3.8, 4) is 11.1 Å². The summed E-state index contributed by atoms with van der Waals surface area (Å²) in [6.45, 7) is 9.69. The predicted octanol–water partition coefficient (Wildman–Crippen LogP) is 7.33. The number of hydrogen-bond donors (Lipinski definition) is 1. The number of likely N-dealkylation sites (tertiary alicyclic amines) is 1. The second-order valence-electron chi connectivity index (χ2n) is 11.5. The van der Waals surface area contributed by atoms with Gasteiger partial charge in [0.25, 0.3) is 5.91 Å². The van der Waals surface area contributed by atoms with E-state index in [1.165, 1.54) is 11.1 Å². The molecule has 1 heterocycles. The summed E-state index contributed by atoms with van der Waals surface area (Å²) >= 11 is 0. The molecule has 3 aromatic carbocycles. The molecule has 1 atom stereocenters. The standard InChI is InChI=1S/C36H46N2O3/c1-4-26-41-34(39)27-36(5-2,30-12-7-6-8-13-30)22-11-23-38-24-20-31(21-25-38)37-35(40)33-15-10-9-14-32(33)29-18-16-28(3)17-19-29/h6-10,12-19,31H,4-5,11,20-27H2,1-3H3,(H,37,40). The molecule has 1 unspecified atom stereocenters. The molecule has 0 aromatic heterocycles. The fraction of sp³-hybridized carbons (Fsp3) is 0.444. The molecular weight excluding hydrogens is 508 g/mol. The second-order valence-corrected chi connectivity index (χ2v) is 11.5. The molecular formula is C36H46N2O3. The maximum absolute atomic E-state index is 13.3. The van der Waals surface area contributed by atoms with Crippen LogP contribution in [0.1, 0.15) is 80.3 Å². The molecule has 1 amide bonds. The van der Waals surface area contributed by atoms with Crippen LogP contribution in [0.3, 0.4) is 0 Å². The van der Waals surface area contributed by atoms with Gasteiger partial charge in [-0.3, -0.25) is 9.59 Å². The normalized spacial score (nSPS) is 15.7. The molecule has 4 rings (SSSR count). The molecule has 0 saturated carbocycles. The van der Waals surface area contributed by atoms with E-state index in [1.807, 2.05) is 37.3 Å². The number of benzene rings is 3. The number of rotatable bonds is 13. The van der Waals surface area contributed by atoms with Crippen molar-refractivity contribution in [2.24, 2.45) is 0 Å². The van der Waals surface area contributed by atoms with Crippen molar-refractivity contribution in [2.75, 3.05) is 26.2 Å². The largest absolute Gasteiger partial charge is 0.466 e. The highest BCUT2D eigenvalue weighted by molar-refractivity contribution is 6.01. The quantitative estimate of drug-likeness (QED) is 0.225. The lowest BCUT2D eigenvalue weighted by Crippen LogP contribution is -2.45. The van der Waals surface area contributed by atoms with Crippen molar-refractivity contribution in [3.63, 3.8) is 0 Å². The van der Waals surface area contributed by atoms with Gasteiger partial charge in [-0.1, -0.05) is 92.2 Å². The first-order valence-corrected chi connectivity index (χ1v) is 15.3. The van der Waals surface area contributed by atoms with Crippen molar-refractivity contribution >= 4 is 11.9 Å². The lowest BCUT2D eigenvalue weighted by Gasteiger charge is -2.35. The van der Waals surface area contributed by atoms with Crippen molar-refractivity contribution in [1.29, 1.82) is 0 Å². The zero-order chi connectivity index (χ0) is 29.1. The first-order chi connectivity index (χ1) is 19.9. The van der Waals surface area contributed by atoms with E-state index in [4.69, 9.17) is 4.74 Å². The van der Waals surface area contributed by atoms with E-state index in [-0.39, 0.29) is 23.3 Å². The average molecular weight is 555 g/mol. The van der Waals surface area contributed by atoms with Crippen LogP contribution in [0.25, 0.3) is 11.1 Å². The number of carbonyl (C=O) groups is 2. The topological polar surface area (TPSA) is 58.6 Å². The molecule has 218 valence electrons. The van der Waals surface area contributed by atoms with E-state index >= 15 is 0 Å². The van der Waals surface area contributed by atoms with Gasteiger partial charge in [-0.2, -0.15) is 0 Å². The smallest absolute Gasteiger partial charge is 0.306 e. The van der Waals surface area contributed by atoms with Gasteiger partial charge < -0.3 is 15.0 Å². The van der Waals surface area contributed by atoms with E-state index in [0.29, 0.717) is 13.0 Å². The van der Waals surface area contributed by atoms with Gasteiger partial charge in [-0.15, -0.1) is 0 Å². The number of hydrogen-bond acceptors (Lipinski definition) is 4. The van der Waals surface area contributed by atoms with Crippen molar-refractivity contribution < 1.29 is 14.3 Å². The highest BCUT2D eigenvalue weighted by atomic mass is 16.5. The molecule has 3 aromatic rings. The molecule has 5 nitrogen and oxygen atoms in total. The summed E-state index contributed by atoms with van der Waals surface area (Å²) in [5.74, 6) is -0.0942. The van der Waals surface area contributed by atoms with Crippen LogP contribution < -0.4 is 5.32 Å². The monoisotopic (exact) mass is 554 g/mol. The Morgan fingerprint density at radius 2 is 1.61 bits per heavy atom. The first kappa shape index (κ1) is 30.5. The molecule has 1 aliphatic heterocycles. The van der Waals surface area contributed by atoms with Crippen LogP contribution in [-0.4, -0.2) is 49.1 Å². The van der Waals surface area contributed by atoms with E-state index < -0.39 is 0 Å². The van der Waals surface area contributed by atoms with Crippen LogP contribution in [-0.2, 0) is 14.9 Å². The number of ether oxygens (including phenoxy) is 1. The third-order valence-electron chi connectivity index (χ3n) is 8.60. The summed E-state index contributed by atoms with van der Waals surface area (Å²) in [5, 5.41) is 3.31. The lowest BCUT2D eigenvalue weighted by atomic mass is 9.72. The molecule has 0 aliphatic carbocycles. The number of nitrogens with zero attached hydrogens (tertiary/aromatic N) is 1. The minimum absolute atomic E-state index is 0.00479. The van der Waals surface area contributed by atoms with Crippen LogP contribution in [0.2, 0.25) is 0 Å². The third kappa shape index (κ3) is 8.29. The number of nitrogens with one attached hydrogen (secondary N) is 1. The van der Waals surface area contributed by atoms with Crippen LogP contribution in [0.5, 0.6) is 0 Å². The number of amides is 1. The summed E-state index contributed by atoms with van der Waals surface area (Å²) in [6.07, 6.45) is 6.01. The summed E-state index contributed by atoms with van der Waals surface area (Å²) in [4.78, 5) is 28.5. The molecule has 1 fully saturated rings. The van der Waals surface area contributed by atoms with Gasteiger partial charge in [0.1, 0.15) is 0 Å².